The number of hydrogen-bond donors (Lipinski definition) is 6. The maximum absolute atomic E-state index is 12.8. The zero-order valence-electron chi connectivity index (χ0n) is 15.8. The van der Waals surface area contributed by atoms with Crippen LogP contribution in [0.2, 0.25) is 0 Å². The lowest BCUT2D eigenvalue weighted by Gasteiger charge is -2.28. The molecule has 0 spiro atoms. The number of carbonyl (C=O) groups excluding carboxylic acids is 5. The number of primary amides is 2. The molecule has 1 rings (SSSR count). The molecule has 1 heterocycles. The van der Waals surface area contributed by atoms with Crippen LogP contribution in [0.25, 0.3) is 0 Å². The van der Waals surface area contributed by atoms with Crippen molar-refractivity contribution in [3.63, 3.8) is 0 Å². The highest BCUT2D eigenvalue weighted by Gasteiger charge is 2.38. The molecule has 29 heavy (non-hydrogen) atoms. The first-order valence-electron chi connectivity index (χ1n) is 8.96. The Morgan fingerprint density at radius 2 is 1.69 bits per heavy atom. The van der Waals surface area contributed by atoms with E-state index in [4.69, 9.17) is 17.2 Å². The molecule has 13 heteroatoms. The molecule has 0 bridgehead atoms. The van der Waals surface area contributed by atoms with Crippen molar-refractivity contribution in [2.75, 3.05) is 13.1 Å². The van der Waals surface area contributed by atoms with E-state index in [-0.39, 0.29) is 25.8 Å². The van der Waals surface area contributed by atoms with Crippen LogP contribution in [-0.4, -0.2) is 76.7 Å². The lowest BCUT2D eigenvalue weighted by Crippen LogP contribution is -2.57. The van der Waals surface area contributed by atoms with Crippen molar-refractivity contribution >= 4 is 35.5 Å². The predicted octanol–water partition coefficient (Wildman–Crippen LogP) is -3.87. The van der Waals surface area contributed by atoms with Crippen LogP contribution in [0.5, 0.6) is 0 Å². The van der Waals surface area contributed by atoms with Crippen molar-refractivity contribution < 1.29 is 33.9 Å². The van der Waals surface area contributed by atoms with Gasteiger partial charge < -0.3 is 37.8 Å². The summed E-state index contributed by atoms with van der Waals surface area (Å²) < 4.78 is 0. The highest BCUT2D eigenvalue weighted by atomic mass is 16.4. The summed E-state index contributed by atoms with van der Waals surface area (Å²) in [5.74, 6) is -5.12. The van der Waals surface area contributed by atoms with Gasteiger partial charge in [-0.2, -0.15) is 0 Å². The first-order chi connectivity index (χ1) is 13.6. The molecule has 0 aromatic rings. The van der Waals surface area contributed by atoms with E-state index >= 15 is 0 Å². The summed E-state index contributed by atoms with van der Waals surface area (Å²) in [7, 11) is 0. The molecule has 1 fully saturated rings. The summed E-state index contributed by atoms with van der Waals surface area (Å²) in [5.41, 5.74) is 15.4. The molecule has 1 aliphatic rings. The average molecular weight is 414 g/mol. The highest BCUT2D eigenvalue weighted by molar-refractivity contribution is 5.96. The number of nitrogens with zero attached hydrogens (tertiary/aromatic N) is 1. The van der Waals surface area contributed by atoms with Gasteiger partial charge in [-0.3, -0.25) is 24.0 Å². The van der Waals surface area contributed by atoms with E-state index in [9.17, 15) is 33.9 Å². The molecule has 5 amide bonds. The zero-order chi connectivity index (χ0) is 22.1. The molecular formula is C16H26N6O7. The Hall–Kier alpha value is -3.22. The number of carboxylic acids is 1. The third-order valence-corrected chi connectivity index (χ3v) is 4.36. The van der Waals surface area contributed by atoms with Gasteiger partial charge in [-0.1, -0.05) is 0 Å². The molecule has 0 radical (unpaired) electrons. The summed E-state index contributed by atoms with van der Waals surface area (Å²) in [6.07, 6.45) is -0.255. The summed E-state index contributed by atoms with van der Waals surface area (Å²) in [6.45, 7) is -0.270. The standard InChI is InChI=1S/C16H26N6O7/c17-7-13(25)20-9(6-12(19)24)14(26)21-8(3-4-11(18)23)15(27)22-5-1-2-10(22)16(28)29/h8-10H,1-7,17H2,(H2,18,23)(H2,19,24)(H,20,25)(H,21,26)(H,28,29). The Kier molecular flexibility index (Phi) is 8.99. The van der Waals surface area contributed by atoms with Gasteiger partial charge in [0, 0.05) is 13.0 Å². The molecule has 1 aliphatic heterocycles. The number of carboxylic acid groups (broad SMARTS) is 1. The SMILES string of the molecule is NCC(=O)NC(CC(N)=O)C(=O)NC(CCC(N)=O)C(=O)N1CCCC1C(=O)O. The van der Waals surface area contributed by atoms with Gasteiger partial charge in [-0.25, -0.2) is 4.79 Å². The smallest absolute Gasteiger partial charge is 0.326 e. The number of nitrogens with two attached hydrogens (primary N) is 3. The van der Waals surface area contributed by atoms with Crippen LogP contribution < -0.4 is 27.8 Å². The van der Waals surface area contributed by atoms with Crippen molar-refractivity contribution in [1.29, 1.82) is 0 Å². The van der Waals surface area contributed by atoms with Gasteiger partial charge in [0.25, 0.3) is 0 Å². The van der Waals surface area contributed by atoms with Gasteiger partial charge in [0.05, 0.1) is 13.0 Å². The molecule has 0 aromatic carbocycles. The van der Waals surface area contributed by atoms with E-state index in [1.807, 2.05) is 0 Å². The average Bonchev–Trinajstić information content (AvgIpc) is 3.13. The third-order valence-electron chi connectivity index (χ3n) is 4.36. The Morgan fingerprint density at radius 1 is 1.03 bits per heavy atom. The van der Waals surface area contributed by atoms with Crippen LogP contribution in [0.15, 0.2) is 0 Å². The van der Waals surface area contributed by atoms with Gasteiger partial charge in [0.15, 0.2) is 0 Å². The van der Waals surface area contributed by atoms with E-state index in [1.165, 1.54) is 0 Å². The first-order valence-corrected chi connectivity index (χ1v) is 8.96. The number of likely N-dealkylation sites (tertiary alicyclic amines) is 1. The minimum atomic E-state index is -1.39. The van der Waals surface area contributed by atoms with Crippen molar-refractivity contribution in [1.82, 2.24) is 15.5 Å². The molecule has 3 unspecified atom stereocenters. The van der Waals surface area contributed by atoms with Crippen LogP contribution in [-0.2, 0) is 28.8 Å². The van der Waals surface area contributed by atoms with Crippen LogP contribution >= 0.6 is 0 Å². The molecule has 3 atom stereocenters. The van der Waals surface area contributed by atoms with Gasteiger partial charge in [-0.05, 0) is 19.3 Å². The molecule has 162 valence electrons. The van der Waals surface area contributed by atoms with Crippen LogP contribution in [0.4, 0.5) is 0 Å². The Bertz CT molecular complexity index is 683. The predicted molar refractivity (Wildman–Crippen MR) is 97.5 cm³/mol. The summed E-state index contributed by atoms with van der Waals surface area (Å²) in [5, 5.41) is 13.8. The highest BCUT2D eigenvalue weighted by Crippen LogP contribution is 2.19. The fraction of sp³-hybridized carbons (Fsp3) is 0.625. The van der Waals surface area contributed by atoms with E-state index in [0.29, 0.717) is 6.42 Å². The van der Waals surface area contributed by atoms with Gasteiger partial charge in [-0.15, -0.1) is 0 Å². The Morgan fingerprint density at radius 3 is 2.21 bits per heavy atom. The zero-order valence-corrected chi connectivity index (χ0v) is 15.8. The fourth-order valence-electron chi connectivity index (χ4n) is 2.97. The monoisotopic (exact) mass is 414 g/mol. The Labute approximate surface area is 166 Å². The molecule has 0 saturated carbocycles. The Balaban J connectivity index is 2.99. The largest absolute Gasteiger partial charge is 0.480 e. The summed E-state index contributed by atoms with van der Waals surface area (Å²) in [6, 6.07) is -3.71. The quantitative estimate of drug-likeness (QED) is 0.195. The van der Waals surface area contributed by atoms with E-state index in [1.54, 1.807) is 0 Å². The van der Waals surface area contributed by atoms with Gasteiger partial charge >= 0.3 is 5.97 Å². The van der Waals surface area contributed by atoms with E-state index in [0.717, 1.165) is 4.90 Å². The molecule has 0 aliphatic carbocycles. The van der Waals surface area contributed by atoms with Gasteiger partial charge in [0.2, 0.25) is 29.5 Å². The number of amides is 5. The second-order valence-electron chi connectivity index (χ2n) is 6.59. The molecule has 0 aromatic heterocycles. The van der Waals surface area contributed by atoms with Crippen molar-refractivity contribution in [2.24, 2.45) is 17.2 Å². The van der Waals surface area contributed by atoms with Crippen molar-refractivity contribution in [2.45, 2.75) is 50.2 Å². The number of rotatable bonds is 11. The lowest BCUT2D eigenvalue weighted by molar-refractivity contribution is -0.149. The van der Waals surface area contributed by atoms with Crippen LogP contribution in [0.3, 0.4) is 0 Å². The maximum Gasteiger partial charge on any atom is 0.326 e. The molecule has 1 saturated heterocycles. The fourth-order valence-corrected chi connectivity index (χ4v) is 2.97. The van der Waals surface area contributed by atoms with Crippen LogP contribution in [0.1, 0.15) is 32.1 Å². The van der Waals surface area contributed by atoms with Crippen molar-refractivity contribution in [3.8, 4) is 0 Å². The maximum atomic E-state index is 12.8. The molecule has 9 N–H and O–H groups in total. The minimum absolute atomic E-state index is 0.174. The van der Waals surface area contributed by atoms with Crippen LogP contribution in [0, 0.1) is 0 Å². The van der Waals surface area contributed by atoms with E-state index in [2.05, 4.69) is 10.6 Å². The number of nitrogens with one attached hydrogen (secondary N) is 2. The molecule has 13 nitrogen and oxygen atoms in total. The lowest BCUT2D eigenvalue weighted by atomic mass is 10.1. The van der Waals surface area contributed by atoms with E-state index < -0.39 is 66.6 Å². The number of carbonyl (C=O) groups is 6. The molecular weight excluding hydrogens is 388 g/mol. The summed E-state index contributed by atoms with van der Waals surface area (Å²) >= 11 is 0. The normalized spacial score (nSPS) is 17.8. The van der Waals surface area contributed by atoms with Crippen molar-refractivity contribution in [3.05, 3.63) is 0 Å². The minimum Gasteiger partial charge on any atom is -0.480 e. The number of aliphatic carboxylic acids is 1. The number of hydrogen-bond acceptors (Lipinski definition) is 7. The first kappa shape index (κ1) is 23.8. The summed E-state index contributed by atoms with van der Waals surface area (Å²) in [4.78, 5) is 71.7. The third kappa shape index (κ3) is 7.37. The second kappa shape index (κ2) is 10.9. The van der Waals surface area contributed by atoms with Gasteiger partial charge in [0.1, 0.15) is 18.1 Å². The topological polar surface area (TPSA) is 228 Å². The second-order valence-corrected chi connectivity index (χ2v) is 6.59.